The summed E-state index contributed by atoms with van der Waals surface area (Å²) in [5, 5.41) is 7.68. The first-order valence-corrected chi connectivity index (χ1v) is 10.4. The molecule has 0 radical (unpaired) electrons. The molecule has 0 unspecified atom stereocenters. The van der Waals surface area contributed by atoms with Crippen LogP contribution >= 0.6 is 0 Å². The fourth-order valence-electron chi connectivity index (χ4n) is 5.00. The molecule has 1 N–H and O–H groups in total. The minimum Gasteiger partial charge on any atom is -0.326 e. The Bertz CT molecular complexity index is 1120. The fourth-order valence-corrected chi connectivity index (χ4v) is 5.00. The number of nitrogens with one attached hydrogen (secondary N) is 1. The van der Waals surface area contributed by atoms with Crippen LogP contribution in [0.5, 0.6) is 0 Å². The van der Waals surface area contributed by atoms with E-state index < -0.39 is 0 Å². The topological polar surface area (TPSA) is 46.9 Å². The van der Waals surface area contributed by atoms with Gasteiger partial charge in [-0.1, -0.05) is 30.7 Å². The predicted octanol–water partition coefficient (Wildman–Crippen LogP) is 5.40. The maximum atomic E-state index is 13.3. The Hall–Kier alpha value is -3.21. The summed E-state index contributed by atoms with van der Waals surface area (Å²) in [6, 6.07) is 16.0. The molecular formula is C25H24FN3O. The monoisotopic (exact) mass is 401 g/mol. The van der Waals surface area contributed by atoms with Gasteiger partial charge in [-0.05, 0) is 73.7 Å². The lowest BCUT2D eigenvalue weighted by molar-refractivity contribution is -0.123. The lowest BCUT2D eigenvalue weighted by Crippen LogP contribution is -2.43. The van der Waals surface area contributed by atoms with E-state index in [0.29, 0.717) is 0 Å². The summed E-state index contributed by atoms with van der Waals surface area (Å²) in [6.45, 7) is 2.21. The highest BCUT2D eigenvalue weighted by Crippen LogP contribution is 2.51. The van der Waals surface area contributed by atoms with Gasteiger partial charge in [0.1, 0.15) is 5.82 Å². The lowest BCUT2D eigenvalue weighted by Gasteiger charge is -2.44. The maximum absolute atomic E-state index is 13.3. The molecule has 1 aromatic heterocycles. The van der Waals surface area contributed by atoms with Crippen molar-refractivity contribution in [2.45, 2.75) is 32.6 Å². The highest BCUT2D eigenvalue weighted by molar-refractivity contribution is 5.93. The molecule has 0 saturated heterocycles. The Kier molecular flexibility index (Phi) is 4.54. The molecular weight excluding hydrogens is 377 g/mol. The van der Waals surface area contributed by atoms with Gasteiger partial charge in [-0.25, -0.2) is 9.07 Å². The van der Waals surface area contributed by atoms with E-state index in [1.165, 1.54) is 17.7 Å². The number of fused-ring (bicyclic) bond motifs is 2. The van der Waals surface area contributed by atoms with E-state index in [0.717, 1.165) is 48.3 Å². The molecule has 3 aromatic rings. The van der Waals surface area contributed by atoms with Crippen LogP contribution in [0, 0.1) is 17.2 Å². The van der Waals surface area contributed by atoms with E-state index in [4.69, 9.17) is 0 Å². The van der Waals surface area contributed by atoms with E-state index in [1.54, 1.807) is 12.1 Å². The number of allylic oxidation sites excluding steroid dienone is 1. The Labute approximate surface area is 175 Å². The third kappa shape index (κ3) is 3.15. The first kappa shape index (κ1) is 18.8. The number of rotatable bonds is 3. The standard InChI is InChI=1S/C25H24FN3O/c1-25-15-17-16-27-29(21-12-10-19(26)11-13-21)23(17)14-18(25)6-5-9-22(25)24(30)28-20-7-3-2-4-8-20/h2-4,7-8,10-14,16,22H,5-6,9,15H2,1H3,(H,28,30)/t22-,25+/m1/s1. The molecule has 152 valence electrons. The zero-order valence-electron chi connectivity index (χ0n) is 16.9. The van der Waals surface area contributed by atoms with Crippen molar-refractivity contribution < 1.29 is 9.18 Å². The van der Waals surface area contributed by atoms with Gasteiger partial charge >= 0.3 is 0 Å². The number of benzene rings is 2. The molecule has 4 nitrogen and oxygen atoms in total. The van der Waals surface area contributed by atoms with Gasteiger partial charge < -0.3 is 5.32 Å². The van der Waals surface area contributed by atoms with Crippen LogP contribution in [0.15, 0.2) is 66.4 Å². The maximum Gasteiger partial charge on any atom is 0.228 e. The van der Waals surface area contributed by atoms with Crippen LogP contribution in [0.2, 0.25) is 0 Å². The van der Waals surface area contributed by atoms with Crippen LogP contribution in [0.4, 0.5) is 10.1 Å². The number of carbonyl (C=O) groups excluding carboxylic acids is 1. The van der Waals surface area contributed by atoms with Crippen molar-refractivity contribution in [3.8, 4) is 5.69 Å². The largest absolute Gasteiger partial charge is 0.326 e. The third-order valence-electron chi connectivity index (χ3n) is 6.63. The second kappa shape index (κ2) is 7.24. The molecule has 5 heteroatoms. The fraction of sp³-hybridized carbons (Fsp3) is 0.280. The minimum absolute atomic E-state index is 0.0833. The van der Waals surface area contributed by atoms with Crippen molar-refractivity contribution in [2.24, 2.45) is 11.3 Å². The molecule has 0 spiro atoms. The molecule has 1 saturated carbocycles. The zero-order chi connectivity index (χ0) is 20.7. The third-order valence-corrected chi connectivity index (χ3v) is 6.63. The van der Waals surface area contributed by atoms with Crippen LogP contribution in [0.1, 0.15) is 37.4 Å². The molecule has 30 heavy (non-hydrogen) atoms. The number of anilines is 1. The Morgan fingerprint density at radius 1 is 1.17 bits per heavy atom. The molecule has 2 aliphatic carbocycles. The van der Waals surface area contributed by atoms with Gasteiger partial charge in [0.15, 0.2) is 0 Å². The number of aromatic nitrogens is 2. The summed E-state index contributed by atoms with van der Waals surface area (Å²) in [6.07, 6.45) is 7.74. The minimum atomic E-state index is -0.259. The van der Waals surface area contributed by atoms with Gasteiger partial charge in [-0.15, -0.1) is 0 Å². The van der Waals surface area contributed by atoms with Gasteiger partial charge in [0, 0.05) is 17.0 Å². The second-order valence-electron chi connectivity index (χ2n) is 8.51. The van der Waals surface area contributed by atoms with Crippen molar-refractivity contribution in [3.05, 3.63) is 83.4 Å². The quantitative estimate of drug-likeness (QED) is 0.639. The molecule has 0 aliphatic heterocycles. The van der Waals surface area contributed by atoms with Crippen LogP contribution in [0.25, 0.3) is 11.8 Å². The molecule has 0 bridgehead atoms. The van der Waals surface area contributed by atoms with Crippen LogP contribution in [0.3, 0.4) is 0 Å². The van der Waals surface area contributed by atoms with E-state index in [2.05, 4.69) is 23.4 Å². The Morgan fingerprint density at radius 3 is 2.70 bits per heavy atom. The summed E-state index contributed by atoms with van der Waals surface area (Å²) in [4.78, 5) is 13.2. The number of amides is 1. The average Bonchev–Trinajstić information content (AvgIpc) is 3.14. The zero-order valence-corrected chi connectivity index (χ0v) is 16.9. The first-order valence-electron chi connectivity index (χ1n) is 10.4. The Balaban J connectivity index is 1.47. The van der Waals surface area contributed by atoms with Crippen molar-refractivity contribution in [2.75, 3.05) is 5.32 Å². The van der Waals surface area contributed by atoms with E-state index >= 15 is 0 Å². The van der Waals surface area contributed by atoms with Crippen molar-refractivity contribution in [1.29, 1.82) is 0 Å². The molecule has 1 fully saturated rings. The van der Waals surface area contributed by atoms with E-state index in [1.807, 2.05) is 41.2 Å². The summed E-state index contributed by atoms with van der Waals surface area (Å²) < 4.78 is 15.2. The Morgan fingerprint density at radius 2 is 1.93 bits per heavy atom. The molecule has 2 atom stereocenters. The van der Waals surface area contributed by atoms with Crippen LogP contribution < -0.4 is 5.32 Å². The van der Waals surface area contributed by atoms with Crippen LogP contribution in [-0.2, 0) is 11.2 Å². The first-order chi connectivity index (χ1) is 14.5. The van der Waals surface area contributed by atoms with Gasteiger partial charge in [0.2, 0.25) is 5.91 Å². The normalized spacial score (nSPS) is 22.6. The number of nitrogens with zero attached hydrogens (tertiary/aromatic N) is 2. The summed E-state index contributed by atoms with van der Waals surface area (Å²) in [7, 11) is 0. The van der Waals surface area contributed by atoms with Crippen molar-refractivity contribution in [3.63, 3.8) is 0 Å². The van der Waals surface area contributed by atoms with Gasteiger partial charge in [0.25, 0.3) is 0 Å². The molecule has 5 rings (SSSR count). The molecule has 1 amide bonds. The summed E-state index contributed by atoms with van der Waals surface area (Å²) in [5.41, 5.74) is 4.93. The van der Waals surface area contributed by atoms with Crippen molar-refractivity contribution in [1.82, 2.24) is 9.78 Å². The average molecular weight is 401 g/mol. The SMILES string of the molecule is C[C@]12Cc3cnn(-c4ccc(F)cc4)c3C=C1CCC[C@@H]2C(=O)Nc1ccccc1. The second-order valence-corrected chi connectivity index (χ2v) is 8.51. The number of halogens is 1. The number of carbonyl (C=O) groups is 1. The van der Waals surface area contributed by atoms with Crippen molar-refractivity contribution >= 4 is 17.7 Å². The summed E-state index contributed by atoms with van der Waals surface area (Å²) >= 11 is 0. The molecule has 2 aromatic carbocycles. The summed E-state index contributed by atoms with van der Waals surface area (Å²) in [5.74, 6) is -0.256. The van der Waals surface area contributed by atoms with Gasteiger partial charge in [-0.3, -0.25) is 4.79 Å². The number of para-hydroxylation sites is 1. The molecule has 2 aliphatic rings. The highest BCUT2D eigenvalue weighted by atomic mass is 19.1. The van der Waals surface area contributed by atoms with E-state index in [-0.39, 0.29) is 23.1 Å². The highest BCUT2D eigenvalue weighted by Gasteiger charge is 2.46. The van der Waals surface area contributed by atoms with E-state index in [9.17, 15) is 9.18 Å². The smallest absolute Gasteiger partial charge is 0.228 e. The number of hydrogen-bond donors (Lipinski definition) is 1. The van der Waals surface area contributed by atoms with Gasteiger partial charge in [0.05, 0.1) is 17.6 Å². The predicted molar refractivity (Wildman–Crippen MR) is 116 cm³/mol. The van der Waals surface area contributed by atoms with Crippen LogP contribution in [-0.4, -0.2) is 15.7 Å². The van der Waals surface area contributed by atoms with Gasteiger partial charge in [-0.2, -0.15) is 5.10 Å². The molecule has 1 heterocycles. The number of hydrogen-bond acceptors (Lipinski definition) is 2. The lowest BCUT2D eigenvalue weighted by atomic mass is 9.59.